The summed E-state index contributed by atoms with van der Waals surface area (Å²) in [5, 5.41) is 14.1. The zero-order valence-electron chi connectivity index (χ0n) is 13.0. The molecule has 0 aliphatic heterocycles. The molecule has 0 aromatic heterocycles. The predicted octanol–water partition coefficient (Wildman–Crippen LogP) is 2.94. The van der Waals surface area contributed by atoms with Gasteiger partial charge in [0.2, 0.25) is 0 Å². The van der Waals surface area contributed by atoms with Gasteiger partial charge < -0.3 is 5.32 Å². The normalized spacial score (nSPS) is 11.2. The number of rotatable bonds is 8. The summed E-state index contributed by atoms with van der Waals surface area (Å²) in [6.07, 6.45) is 0.607. The van der Waals surface area contributed by atoms with E-state index in [-0.39, 0.29) is 5.69 Å². The van der Waals surface area contributed by atoms with Crippen LogP contribution in [0.15, 0.2) is 18.2 Å². The molecule has 1 N–H and O–H groups in total. The molecular weight excluding hydrogens is 270 g/mol. The van der Waals surface area contributed by atoms with Crippen molar-refractivity contribution in [2.24, 2.45) is 0 Å². The minimum atomic E-state index is -0.474. The highest BCUT2D eigenvalue weighted by Crippen LogP contribution is 2.24. The van der Waals surface area contributed by atoms with Crippen LogP contribution in [0, 0.1) is 10.1 Å². The number of carbonyl (C=O) groups is 1. The smallest absolute Gasteiger partial charge is 0.293 e. The third kappa shape index (κ3) is 4.82. The van der Waals surface area contributed by atoms with Gasteiger partial charge in [0.05, 0.1) is 4.92 Å². The summed E-state index contributed by atoms with van der Waals surface area (Å²) in [5.41, 5.74) is 0.677. The summed E-state index contributed by atoms with van der Waals surface area (Å²) < 4.78 is 0. The second-order valence-electron chi connectivity index (χ2n) is 5.50. The highest BCUT2D eigenvalue weighted by atomic mass is 16.6. The van der Waals surface area contributed by atoms with Crippen molar-refractivity contribution < 1.29 is 9.72 Å². The van der Waals surface area contributed by atoms with E-state index in [0.717, 1.165) is 6.54 Å². The maximum absolute atomic E-state index is 11.0. The summed E-state index contributed by atoms with van der Waals surface area (Å²) >= 11 is 0. The second kappa shape index (κ2) is 7.73. The second-order valence-corrected chi connectivity index (χ2v) is 5.50. The van der Waals surface area contributed by atoms with Crippen molar-refractivity contribution in [3.63, 3.8) is 0 Å². The van der Waals surface area contributed by atoms with Crippen molar-refractivity contribution in [1.29, 1.82) is 0 Å². The number of nitrogens with zero attached hydrogens (tertiary/aromatic N) is 2. The van der Waals surface area contributed by atoms with Crippen molar-refractivity contribution in [2.75, 3.05) is 18.4 Å². The Morgan fingerprint density at radius 3 is 2.38 bits per heavy atom. The van der Waals surface area contributed by atoms with E-state index in [1.54, 1.807) is 12.1 Å². The molecule has 0 aliphatic rings. The number of benzene rings is 1. The van der Waals surface area contributed by atoms with Gasteiger partial charge >= 0.3 is 0 Å². The number of nitro benzene ring substituents is 1. The van der Waals surface area contributed by atoms with E-state index in [1.807, 2.05) is 0 Å². The van der Waals surface area contributed by atoms with Gasteiger partial charge in [0.25, 0.3) is 5.69 Å². The van der Waals surface area contributed by atoms with Gasteiger partial charge in [-0.2, -0.15) is 0 Å². The summed E-state index contributed by atoms with van der Waals surface area (Å²) in [7, 11) is 0. The number of anilines is 1. The molecule has 0 aliphatic carbocycles. The van der Waals surface area contributed by atoms with Crippen LogP contribution in [0.3, 0.4) is 0 Å². The van der Waals surface area contributed by atoms with E-state index in [2.05, 4.69) is 37.9 Å². The quantitative estimate of drug-likeness (QED) is 0.453. The first-order valence-corrected chi connectivity index (χ1v) is 7.10. The van der Waals surface area contributed by atoms with E-state index in [1.165, 1.54) is 6.07 Å². The van der Waals surface area contributed by atoms with Crippen LogP contribution in [0.5, 0.6) is 0 Å². The van der Waals surface area contributed by atoms with Gasteiger partial charge in [-0.15, -0.1) is 0 Å². The van der Waals surface area contributed by atoms with E-state index < -0.39 is 4.92 Å². The van der Waals surface area contributed by atoms with Crippen molar-refractivity contribution in [2.45, 2.75) is 39.8 Å². The predicted molar refractivity (Wildman–Crippen MR) is 84.0 cm³/mol. The first-order valence-electron chi connectivity index (χ1n) is 7.10. The van der Waals surface area contributed by atoms with E-state index >= 15 is 0 Å². The Labute approximate surface area is 125 Å². The fraction of sp³-hybridized carbons (Fsp3) is 0.533. The molecule has 0 saturated heterocycles. The van der Waals surface area contributed by atoms with Crippen LogP contribution in [0.25, 0.3) is 0 Å². The molecule has 0 saturated carbocycles. The highest BCUT2D eigenvalue weighted by Gasteiger charge is 2.16. The van der Waals surface area contributed by atoms with Crippen LogP contribution in [0.1, 0.15) is 38.1 Å². The monoisotopic (exact) mass is 293 g/mol. The number of carbonyl (C=O) groups excluding carboxylic acids is 1. The molecule has 1 aromatic carbocycles. The lowest BCUT2D eigenvalue weighted by molar-refractivity contribution is -0.384. The fourth-order valence-corrected chi connectivity index (χ4v) is 2.35. The summed E-state index contributed by atoms with van der Waals surface area (Å²) in [4.78, 5) is 23.6. The third-order valence-electron chi connectivity index (χ3n) is 3.37. The first kappa shape index (κ1) is 17.1. The van der Waals surface area contributed by atoms with Crippen LogP contribution in [-0.2, 0) is 0 Å². The molecule has 1 rings (SSSR count). The molecule has 0 amide bonds. The van der Waals surface area contributed by atoms with Gasteiger partial charge in [-0.25, -0.2) is 0 Å². The number of nitro groups is 1. The maximum Gasteiger partial charge on any atom is 0.293 e. The van der Waals surface area contributed by atoms with Gasteiger partial charge in [-0.05, 0) is 39.8 Å². The van der Waals surface area contributed by atoms with Gasteiger partial charge in [0.1, 0.15) is 12.0 Å². The summed E-state index contributed by atoms with van der Waals surface area (Å²) in [5.74, 6) is 0. The van der Waals surface area contributed by atoms with E-state index in [4.69, 9.17) is 0 Å². The molecule has 0 unspecified atom stereocenters. The minimum absolute atomic E-state index is 0.0692. The third-order valence-corrected chi connectivity index (χ3v) is 3.37. The first-order chi connectivity index (χ1) is 9.86. The molecule has 0 atom stereocenters. The van der Waals surface area contributed by atoms with E-state index in [0.29, 0.717) is 36.2 Å². The van der Waals surface area contributed by atoms with Crippen LogP contribution < -0.4 is 5.32 Å². The Hall–Kier alpha value is -1.95. The Balaban J connectivity index is 2.75. The van der Waals surface area contributed by atoms with Crippen molar-refractivity contribution >= 4 is 17.7 Å². The van der Waals surface area contributed by atoms with Crippen molar-refractivity contribution in [3.05, 3.63) is 33.9 Å². The lowest BCUT2D eigenvalue weighted by atomic mass is 10.2. The highest BCUT2D eigenvalue weighted by molar-refractivity contribution is 5.79. The van der Waals surface area contributed by atoms with E-state index in [9.17, 15) is 14.9 Å². The van der Waals surface area contributed by atoms with Crippen LogP contribution in [0.4, 0.5) is 11.4 Å². The summed E-state index contributed by atoms with van der Waals surface area (Å²) in [6, 6.07) is 5.28. The Bertz CT molecular complexity index is 493. The van der Waals surface area contributed by atoms with Crippen LogP contribution >= 0.6 is 0 Å². The van der Waals surface area contributed by atoms with Crippen molar-refractivity contribution in [1.82, 2.24) is 4.90 Å². The van der Waals surface area contributed by atoms with Crippen molar-refractivity contribution in [3.8, 4) is 0 Å². The molecule has 6 nitrogen and oxygen atoms in total. The molecule has 0 bridgehead atoms. The number of nitrogens with one attached hydrogen (secondary N) is 1. The number of aldehydes is 1. The lowest BCUT2D eigenvalue weighted by Gasteiger charge is -2.30. The Morgan fingerprint density at radius 2 is 1.90 bits per heavy atom. The van der Waals surface area contributed by atoms with Crippen LogP contribution in [0.2, 0.25) is 0 Å². The fourth-order valence-electron chi connectivity index (χ4n) is 2.35. The maximum atomic E-state index is 11.0. The molecule has 6 heteroatoms. The number of hydrogen-bond donors (Lipinski definition) is 1. The summed E-state index contributed by atoms with van der Waals surface area (Å²) in [6.45, 7) is 9.91. The Morgan fingerprint density at radius 1 is 1.29 bits per heavy atom. The molecule has 0 radical (unpaired) electrons. The zero-order valence-corrected chi connectivity index (χ0v) is 13.0. The topological polar surface area (TPSA) is 75.5 Å². The molecule has 116 valence electrons. The SMILES string of the molecule is CC(C)N(CCNc1ccc(C=O)cc1[N+](=O)[O-])C(C)C. The van der Waals surface area contributed by atoms with Gasteiger partial charge in [0, 0.05) is 36.8 Å². The van der Waals surface area contributed by atoms with Gasteiger partial charge in [-0.3, -0.25) is 19.8 Å². The molecule has 0 fully saturated rings. The molecule has 1 aromatic rings. The van der Waals surface area contributed by atoms with Gasteiger partial charge in [-0.1, -0.05) is 0 Å². The lowest BCUT2D eigenvalue weighted by Crippen LogP contribution is -2.40. The molecular formula is C15H23N3O3. The van der Waals surface area contributed by atoms with Gasteiger partial charge in [0.15, 0.2) is 0 Å². The Kier molecular flexibility index (Phi) is 6.30. The van der Waals surface area contributed by atoms with Crippen LogP contribution in [-0.4, -0.2) is 41.3 Å². The average Bonchev–Trinajstić information content (AvgIpc) is 2.42. The average molecular weight is 293 g/mol. The standard InChI is InChI=1S/C15H23N3O3/c1-11(2)17(12(3)4)8-7-16-14-6-5-13(10-19)9-15(14)18(20)21/h5-6,9-12,16H,7-8H2,1-4H3. The molecule has 0 spiro atoms. The largest absolute Gasteiger partial charge is 0.378 e. The minimum Gasteiger partial charge on any atom is -0.378 e. The molecule has 0 heterocycles. The number of hydrogen-bond acceptors (Lipinski definition) is 5. The zero-order chi connectivity index (χ0) is 16.0. The molecule has 21 heavy (non-hydrogen) atoms.